The molecule has 2 aromatic carbocycles. The minimum atomic E-state index is -2.86. The Hall–Kier alpha value is -2.54. The molecule has 8 nitrogen and oxygen atoms in total. The molecule has 0 saturated heterocycles. The highest BCUT2D eigenvalue weighted by atomic mass is 35.5. The van der Waals surface area contributed by atoms with Crippen molar-refractivity contribution >= 4 is 39.6 Å². The number of thiol groups is 1. The Morgan fingerprint density at radius 2 is 1.79 bits per heavy atom. The molecule has 1 aromatic heterocycles. The van der Waals surface area contributed by atoms with Gasteiger partial charge in [-0.2, -0.15) is 0 Å². The van der Waals surface area contributed by atoms with E-state index in [4.69, 9.17) is 11.6 Å². The van der Waals surface area contributed by atoms with E-state index in [1.807, 2.05) is 20.8 Å². The van der Waals surface area contributed by atoms with Gasteiger partial charge >= 0.3 is 0 Å². The van der Waals surface area contributed by atoms with Crippen molar-refractivity contribution in [1.82, 2.24) is 14.0 Å². The Kier molecular flexibility index (Phi) is 10.1. The summed E-state index contributed by atoms with van der Waals surface area (Å²) in [6.45, 7) is 7.15. The topological polar surface area (TPSA) is 120 Å². The van der Waals surface area contributed by atoms with Gasteiger partial charge in [-0.3, -0.25) is 9.59 Å². The summed E-state index contributed by atoms with van der Waals surface area (Å²) in [6, 6.07) is 9.62. The molecule has 0 amide bonds. The lowest BCUT2D eigenvalue weighted by Crippen LogP contribution is -2.41. The summed E-state index contributed by atoms with van der Waals surface area (Å²) in [5, 5.41) is 0.435. The number of ketones is 1. The summed E-state index contributed by atoms with van der Waals surface area (Å²) < 4.78 is 56.0. The van der Waals surface area contributed by atoms with Crippen LogP contribution < -0.4 is 15.0 Å². The molecule has 2 atom stereocenters. The molecule has 12 heteroatoms. The highest BCUT2D eigenvalue weighted by Gasteiger charge is 2.30. The summed E-state index contributed by atoms with van der Waals surface area (Å²) in [7, 11) is -1.30. The number of rotatable bonds is 10. The van der Waals surface area contributed by atoms with Crippen molar-refractivity contribution in [3.8, 4) is 11.1 Å². The first-order chi connectivity index (χ1) is 18.2. The lowest BCUT2D eigenvalue weighted by atomic mass is 9.88. The molecule has 0 saturated carbocycles. The van der Waals surface area contributed by atoms with Crippen LogP contribution in [-0.2, 0) is 35.7 Å². The Morgan fingerprint density at radius 3 is 2.38 bits per heavy atom. The monoisotopic (exact) mass is 595 g/mol. The van der Waals surface area contributed by atoms with E-state index in [0.29, 0.717) is 21.7 Å². The maximum absolute atomic E-state index is 15.3. The standard InChI is InChI=1S/C27H31ClFN3O5S2/c1-16(31-38(35)27(2,3)4)20-14-25(33)32(5)15-23(20)21-12-18(10-11-30-39(36)37)24(29)13-22(21)26(34)17-6-8-19(28)9-7-17/h6-9,12-16,31,39H,10-11H2,1-5H3,(H,30,36,37)/t16-,38?/m0/s1. The largest absolute Gasteiger partial charge is 0.598 e. The van der Waals surface area contributed by atoms with E-state index in [1.165, 1.54) is 28.8 Å². The number of hydrogen-bond donors (Lipinski definition) is 3. The number of halogens is 2. The maximum atomic E-state index is 15.3. The van der Waals surface area contributed by atoms with Gasteiger partial charge in [0, 0.05) is 58.9 Å². The number of benzene rings is 2. The van der Waals surface area contributed by atoms with Crippen molar-refractivity contribution in [3.63, 3.8) is 0 Å². The number of hydrogen-bond acceptors (Lipinski definition) is 6. The molecule has 0 aliphatic heterocycles. The van der Waals surface area contributed by atoms with Gasteiger partial charge in [0.2, 0.25) is 10.9 Å². The minimum absolute atomic E-state index is 0.0283. The van der Waals surface area contributed by atoms with Crippen LogP contribution in [0.25, 0.3) is 11.1 Å². The fraction of sp³-hybridized carbons (Fsp3) is 0.333. The van der Waals surface area contributed by atoms with Crippen molar-refractivity contribution < 1.29 is 22.2 Å². The third-order valence-corrected chi connectivity index (χ3v) is 8.44. The Bertz CT molecular complexity index is 1490. The molecule has 1 unspecified atom stereocenters. The fourth-order valence-corrected chi connectivity index (χ4v) is 5.11. The summed E-state index contributed by atoms with van der Waals surface area (Å²) in [5.74, 6) is -1.14. The van der Waals surface area contributed by atoms with Crippen molar-refractivity contribution in [3.05, 3.63) is 92.1 Å². The molecule has 0 aliphatic carbocycles. The van der Waals surface area contributed by atoms with Crippen molar-refractivity contribution in [1.29, 1.82) is 0 Å². The highest BCUT2D eigenvalue weighted by molar-refractivity contribution is 7.90. The van der Waals surface area contributed by atoms with Gasteiger partial charge in [-0.05, 0) is 87.2 Å². The van der Waals surface area contributed by atoms with Crippen molar-refractivity contribution in [2.24, 2.45) is 7.05 Å². The predicted molar refractivity (Wildman–Crippen MR) is 153 cm³/mol. The number of carbonyl (C=O) groups is 1. The molecular weight excluding hydrogens is 565 g/mol. The van der Waals surface area contributed by atoms with Gasteiger partial charge in [0.05, 0.1) is 6.04 Å². The zero-order valence-corrected chi connectivity index (χ0v) is 24.7. The van der Waals surface area contributed by atoms with Crippen LogP contribution in [0, 0.1) is 5.82 Å². The van der Waals surface area contributed by atoms with E-state index >= 15 is 4.39 Å². The van der Waals surface area contributed by atoms with Gasteiger partial charge in [0.1, 0.15) is 10.6 Å². The van der Waals surface area contributed by atoms with Crippen LogP contribution in [0.1, 0.15) is 60.8 Å². The highest BCUT2D eigenvalue weighted by Crippen LogP contribution is 2.34. The summed E-state index contributed by atoms with van der Waals surface area (Å²) in [6.07, 6.45) is 1.58. The minimum Gasteiger partial charge on any atom is -0.598 e. The third-order valence-electron chi connectivity index (χ3n) is 6.03. The van der Waals surface area contributed by atoms with E-state index in [-0.39, 0.29) is 35.2 Å². The SMILES string of the molecule is C[C@H](N[S+]([O-])C(C)(C)C)c1cc(=O)n(C)cc1-c1cc(CCN[SH](=O)=O)c(F)cc1C(=O)c1ccc(Cl)cc1. The molecule has 0 spiro atoms. The molecule has 0 radical (unpaired) electrons. The number of carbonyl (C=O) groups excluding carboxylic acids is 1. The molecule has 39 heavy (non-hydrogen) atoms. The van der Waals surface area contributed by atoms with E-state index < -0.39 is 44.6 Å². The summed E-state index contributed by atoms with van der Waals surface area (Å²) in [4.78, 5) is 26.3. The second-order valence-electron chi connectivity index (χ2n) is 10.1. The molecule has 210 valence electrons. The van der Waals surface area contributed by atoms with E-state index in [1.54, 1.807) is 32.3 Å². The first-order valence-corrected chi connectivity index (χ1v) is 14.8. The lowest BCUT2D eigenvalue weighted by molar-refractivity contribution is 0.103. The van der Waals surface area contributed by atoms with E-state index in [9.17, 15) is 22.6 Å². The van der Waals surface area contributed by atoms with Gasteiger partial charge in [-0.25, -0.2) is 17.5 Å². The second-order valence-corrected chi connectivity index (χ2v) is 13.3. The van der Waals surface area contributed by atoms with E-state index in [0.717, 1.165) is 6.07 Å². The van der Waals surface area contributed by atoms with Gasteiger partial charge in [-0.1, -0.05) is 11.6 Å². The smallest absolute Gasteiger partial charge is 0.250 e. The zero-order valence-electron chi connectivity index (χ0n) is 22.2. The van der Waals surface area contributed by atoms with Crippen LogP contribution in [0.3, 0.4) is 0 Å². The molecule has 0 fully saturated rings. The molecule has 2 N–H and O–H groups in total. The average molecular weight is 596 g/mol. The Morgan fingerprint density at radius 1 is 1.15 bits per heavy atom. The molecule has 3 rings (SSSR count). The van der Waals surface area contributed by atoms with Crippen molar-refractivity contribution in [2.75, 3.05) is 6.54 Å². The molecular formula is C27H31ClFN3O5S2. The Balaban J connectivity index is 2.24. The summed E-state index contributed by atoms with van der Waals surface area (Å²) >= 11 is 4.51. The molecule has 3 aromatic rings. The fourth-order valence-electron chi connectivity index (χ4n) is 3.89. The van der Waals surface area contributed by atoms with Crippen LogP contribution in [0.2, 0.25) is 5.02 Å². The lowest BCUT2D eigenvalue weighted by Gasteiger charge is -2.27. The number of nitrogens with one attached hydrogen (secondary N) is 2. The van der Waals surface area contributed by atoms with Crippen LogP contribution in [-0.4, -0.2) is 34.6 Å². The van der Waals surface area contributed by atoms with Crippen LogP contribution >= 0.6 is 11.6 Å². The number of aryl methyl sites for hydroxylation is 1. The average Bonchev–Trinajstić information content (AvgIpc) is 2.85. The first kappa shape index (κ1) is 31.0. The summed E-state index contributed by atoms with van der Waals surface area (Å²) in [5.41, 5.74) is 1.47. The van der Waals surface area contributed by atoms with Crippen LogP contribution in [0.5, 0.6) is 0 Å². The zero-order chi connectivity index (χ0) is 29.1. The quantitative estimate of drug-likeness (QED) is 0.186. The Labute approximate surface area is 237 Å². The van der Waals surface area contributed by atoms with Gasteiger partial charge in [0.15, 0.2) is 5.78 Å². The van der Waals surface area contributed by atoms with Gasteiger partial charge in [-0.15, -0.1) is 4.72 Å². The third kappa shape index (κ3) is 7.77. The number of pyridine rings is 1. The molecule has 0 bridgehead atoms. The molecule has 1 heterocycles. The number of aromatic nitrogens is 1. The van der Waals surface area contributed by atoms with Crippen LogP contribution in [0.4, 0.5) is 4.39 Å². The van der Waals surface area contributed by atoms with Gasteiger partial charge < -0.3 is 9.12 Å². The normalized spacial score (nSPS) is 13.5. The van der Waals surface area contributed by atoms with Gasteiger partial charge in [0.25, 0.3) is 5.56 Å². The first-order valence-electron chi connectivity index (χ1n) is 12.1. The second kappa shape index (κ2) is 12.8. The predicted octanol–water partition coefficient (Wildman–Crippen LogP) is 3.85. The maximum Gasteiger partial charge on any atom is 0.250 e. The number of nitrogens with zero attached hydrogens (tertiary/aromatic N) is 1. The van der Waals surface area contributed by atoms with E-state index in [2.05, 4.69) is 9.44 Å². The van der Waals surface area contributed by atoms with Crippen LogP contribution in [0.15, 0.2) is 53.5 Å². The molecule has 0 aliphatic rings. The van der Waals surface area contributed by atoms with Crippen molar-refractivity contribution in [2.45, 2.75) is 44.9 Å².